The quantitative estimate of drug-likeness (QED) is 0.183. The van der Waals surface area contributed by atoms with Crippen LogP contribution < -0.4 is 0 Å². The van der Waals surface area contributed by atoms with Gasteiger partial charge in [-0.05, 0) is 12.8 Å². The summed E-state index contributed by atoms with van der Waals surface area (Å²) in [5.74, 6) is -0.846. The molecule has 25 heavy (non-hydrogen) atoms. The van der Waals surface area contributed by atoms with Gasteiger partial charge in [-0.15, -0.1) is 11.6 Å². The Morgan fingerprint density at radius 2 is 1.00 bits per heavy atom. The van der Waals surface area contributed by atoms with Crippen LogP contribution in [0.25, 0.3) is 0 Å². The Balaban J connectivity index is 3.32. The molecule has 0 aliphatic carbocycles. The lowest BCUT2D eigenvalue weighted by Crippen LogP contribution is -2.32. The van der Waals surface area contributed by atoms with Crippen LogP contribution in [0.5, 0.6) is 0 Å². The largest absolute Gasteiger partial charge is 0.480 e. The average molecular weight is 375 g/mol. The van der Waals surface area contributed by atoms with Gasteiger partial charge in [0.05, 0.1) is 0 Å². The van der Waals surface area contributed by atoms with Gasteiger partial charge in [0, 0.05) is 0 Å². The number of carbonyl (C=O) groups is 1. The Hall–Kier alpha value is -0.240. The van der Waals surface area contributed by atoms with Gasteiger partial charge in [0.25, 0.3) is 0 Å². The third kappa shape index (κ3) is 14.6. The first kappa shape index (κ1) is 24.8. The summed E-state index contributed by atoms with van der Waals surface area (Å²) in [7, 11) is 0. The number of hydrogen-bond donors (Lipinski definition) is 1. The maximum atomic E-state index is 11.3. The third-order valence-corrected chi connectivity index (χ3v) is 5.75. The number of carboxylic acid groups (broad SMARTS) is 1. The predicted octanol–water partition coefficient (Wildman–Crippen LogP) is 8.11. The summed E-state index contributed by atoms with van der Waals surface area (Å²) in [6.07, 6.45) is 21.9. The average Bonchev–Trinajstić information content (AvgIpc) is 2.58. The van der Waals surface area contributed by atoms with Crippen molar-refractivity contribution in [2.24, 2.45) is 0 Å². The second-order valence-electron chi connectivity index (χ2n) is 7.72. The Morgan fingerprint density at radius 1 is 0.640 bits per heavy atom. The van der Waals surface area contributed by atoms with Gasteiger partial charge in [-0.2, -0.15) is 0 Å². The molecule has 0 rings (SSSR count). The molecule has 0 aromatic heterocycles. The molecule has 0 bridgehead atoms. The topological polar surface area (TPSA) is 37.3 Å². The fraction of sp³-hybridized carbons (Fsp3) is 0.955. The van der Waals surface area contributed by atoms with Gasteiger partial charge >= 0.3 is 5.97 Å². The van der Waals surface area contributed by atoms with Crippen LogP contribution in [0.2, 0.25) is 0 Å². The summed E-state index contributed by atoms with van der Waals surface area (Å²) < 4.78 is 0. The normalized spacial score (nSPS) is 13.7. The van der Waals surface area contributed by atoms with Gasteiger partial charge in [0.1, 0.15) is 4.87 Å². The second-order valence-corrected chi connectivity index (χ2v) is 8.44. The first-order valence-corrected chi connectivity index (χ1v) is 11.4. The van der Waals surface area contributed by atoms with E-state index in [1.54, 1.807) is 0 Å². The number of halogens is 1. The lowest BCUT2D eigenvalue weighted by atomic mass is 9.95. The fourth-order valence-electron chi connectivity index (χ4n) is 3.51. The molecule has 0 spiro atoms. The van der Waals surface area contributed by atoms with Crippen LogP contribution in [0.1, 0.15) is 129 Å². The van der Waals surface area contributed by atoms with Gasteiger partial charge in [0.2, 0.25) is 0 Å². The molecule has 1 N–H and O–H groups in total. The number of unbranched alkanes of at least 4 members (excludes halogenated alkanes) is 14. The highest BCUT2D eigenvalue weighted by Crippen LogP contribution is 2.29. The van der Waals surface area contributed by atoms with Gasteiger partial charge in [-0.3, -0.25) is 4.79 Å². The van der Waals surface area contributed by atoms with Crippen LogP contribution in [0, 0.1) is 0 Å². The molecule has 0 fully saturated rings. The van der Waals surface area contributed by atoms with Crippen LogP contribution in [-0.2, 0) is 4.79 Å². The Morgan fingerprint density at radius 3 is 1.32 bits per heavy atom. The van der Waals surface area contributed by atoms with E-state index < -0.39 is 10.8 Å². The summed E-state index contributed by atoms with van der Waals surface area (Å²) >= 11 is 6.23. The van der Waals surface area contributed by atoms with Crippen molar-refractivity contribution < 1.29 is 9.90 Å². The minimum absolute atomic E-state index is 0.572. The van der Waals surface area contributed by atoms with Gasteiger partial charge in [0.15, 0.2) is 0 Å². The van der Waals surface area contributed by atoms with E-state index in [9.17, 15) is 9.90 Å². The van der Waals surface area contributed by atoms with Crippen LogP contribution in [0.15, 0.2) is 0 Å². The standard InChI is InChI=1S/C22H43ClO2/c1-3-5-6-7-8-9-10-11-12-13-14-15-16-17-18-20-22(23,19-4-2)21(24)25/h3-20H2,1-2H3,(H,24,25). The van der Waals surface area contributed by atoms with Crippen molar-refractivity contribution in [3.8, 4) is 0 Å². The lowest BCUT2D eigenvalue weighted by Gasteiger charge is -2.21. The minimum atomic E-state index is -1.02. The molecule has 0 aromatic rings. The highest BCUT2D eigenvalue weighted by Gasteiger charge is 2.34. The number of hydrogen-bond acceptors (Lipinski definition) is 1. The minimum Gasteiger partial charge on any atom is -0.480 e. The summed E-state index contributed by atoms with van der Waals surface area (Å²) in [4.78, 5) is 10.2. The van der Waals surface area contributed by atoms with Crippen molar-refractivity contribution in [1.29, 1.82) is 0 Å². The molecule has 0 radical (unpaired) electrons. The van der Waals surface area contributed by atoms with Gasteiger partial charge in [-0.1, -0.05) is 117 Å². The highest BCUT2D eigenvalue weighted by molar-refractivity contribution is 6.33. The van der Waals surface area contributed by atoms with E-state index in [-0.39, 0.29) is 0 Å². The molecule has 0 saturated carbocycles. The summed E-state index contributed by atoms with van der Waals surface area (Å²) in [5.41, 5.74) is 0. The van der Waals surface area contributed by atoms with Crippen molar-refractivity contribution >= 4 is 17.6 Å². The van der Waals surface area contributed by atoms with E-state index in [2.05, 4.69) is 6.92 Å². The number of aliphatic carboxylic acids is 1. The smallest absolute Gasteiger partial charge is 0.324 e. The molecule has 0 saturated heterocycles. The molecular weight excluding hydrogens is 332 g/mol. The fourth-order valence-corrected chi connectivity index (χ4v) is 3.83. The van der Waals surface area contributed by atoms with Crippen LogP contribution >= 0.6 is 11.6 Å². The van der Waals surface area contributed by atoms with E-state index in [4.69, 9.17) is 11.6 Å². The van der Waals surface area contributed by atoms with Crippen molar-refractivity contribution in [3.63, 3.8) is 0 Å². The Bertz CT molecular complexity index is 306. The lowest BCUT2D eigenvalue weighted by molar-refractivity contribution is -0.140. The molecule has 2 nitrogen and oxygen atoms in total. The molecule has 0 aromatic carbocycles. The maximum absolute atomic E-state index is 11.3. The van der Waals surface area contributed by atoms with Crippen LogP contribution in [0.3, 0.4) is 0 Å². The zero-order chi connectivity index (χ0) is 18.8. The Kier molecular flexibility index (Phi) is 17.0. The van der Waals surface area contributed by atoms with Crippen molar-refractivity contribution in [1.82, 2.24) is 0 Å². The molecular formula is C22H43ClO2. The summed E-state index contributed by atoms with van der Waals surface area (Å²) in [5, 5.41) is 9.25. The molecule has 0 amide bonds. The van der Waals surface area contributed by atoms with Crippen LogP contribution in [-0.4, -0.2) is 16.0 Å². The molecule has 3 heteroatoms. The van der Waals surface area contributed by atoms with Crippen molar-refractivity contribution in [3.05, 3.63) is 0 Å². The molecule has 0 heterocycles. The third-order valence-electron chi connectivity index (χ3n) is 5.21. The first-order chi connectivity index (χ1) is 12.1. The molecule has 0 aliphatic heterocycles. The zero-order valence-electron chi connectivity index (χ0n) is 17.0. The SMILES string of the molecule is CCCCCCCCCCCCCCCCCC(Cl)(CCC)C(=O)O. The zero-order valence-corrected chi connectivity index (χ0v) is 17.7. The van der Waals surface area contributed by atoms with Gasteiger partial charge in [-0.25, -0.2) is 0 Å². The predicted molar refractivity (Wildman–Crippen MR) is 111 cm³/mol. The summed E-state index contributed by atoms with van der Waals surface area (Å²) in [6, 6.07) is 0. The number of rotatable bonds is 19. The van der Waals surface area contributed by atoms with Crippen molar-refractivity contribution in [2.45, 2.75) is 134 Å². The van der Waals surface area contributed by atoms with E-state index in [0.717, 1.165) is 19.3 Å². The number of alkyl halides is 1. The monoisotopic (exact) mass is 374 g/mol. The van der Waals surface area contributed by atoms with Gasteiger partial charge < -0.3 is 5.11 Å². The van der Waals surface area contributed by atoms with Crippen molar-refractivity contribution in [2.75, 3.05) is 0 Å². The summed E-state index contributed by atoms with van der Waals surface area (Å²) in [6.45, 7) is 4.26. The molecule has 1 atom stereocenters. The van der Waals surface area contributed by atoms with E-state index in [0.29, 0.717) is 12.8 Å². The maximum Gasteiger partial charge on any atom is 0.324 e. The molecule has 150 valence electrons. The van der Waals surface area contributed by atoms with E-state index in [1.807, 2.05) is 6.92 Å². The highest BCUT2D eigenvalue weighted by atomic mass is 35.5. The molecule has 0 aliphatic rings. The van der Waals surface area contributed by atoms with E-state index in [1.165, 1.54) is 83.5 Å². The first-order valence-electron chi connectivity index (χ1n) is 11.0. The number of carboxylic acids is 1. The second kappa shape index (κ2) is 17.2. The Labute approximate surface area is 162 Å². The van der Waals surface area contributed by atoms with Crippen LogP contribution in [0.4, 0.5) is 0 Å². The molecule has 1 unspecified atom stereocenters. The van der Waals surface area contributed by atoms with E-state index >= 15 is 0 Å².